The first-order valence-corrected chi connectivity index (χ1v) is 8.09. The maximum Gasteiger partial charge on any atom is 0.0227 e. The molecule has 15 heavy (non-hydrogen) atoms. The second kappa shape index (κ2) is 7.05. The van der Waals surface area contributed by atoms with Crippen LogP contribution in [0.4, 0.5) is 0 Å². The Balaban J connectivity index is 2.43. The van der Waals surface area contributed by atoms with Crippen molar-refractivity contribution in [3.63, 3.8) is 0 Å². The predicted molar refractivity (Wildman–Crippen MR) is 73.9 cm³/mol. The van der Waals surface area contributed by atoms with Gasteiger partial charge in [-0.25, -0.2) is 0 Å². The Hall–Kier alpha value is 0.620. The lowest BCUT2D eigenvalue weighted by atomic mass is 10.1. The van der Waals surface area contributed by atoms with Crippen LogP contribution in [-0.2, 0) is 0 Å². The molecule has 1 aliphatic heterocycles. The Morgan fingerprint density at radius 2 is 2.00 bits per heavy atom. The summed E-state index contributed by atoms with van der Waals surface area (Å²) in [7, 11) is 0. The van der Waals surface area contributed by atoms with E-state index in [0.29, 0.717) is 6.04 Å². The van der Waals surface area contributed by atoms with Crippen molar-refractivity contribution >= 4 is 23.5 Å². The fourth-order valence-corrected chi connectivity index (χ4v) is 4.08. The molecule has 90 valence electrons. The molecule has 0 aromatic carbocycles. The summed E-state index contributed by atoms with van der Waals surface area (Å²) in [6.45, 7) is 7.89. The van der Waals surface area contributed by atoms with Gasteiger partial charge in [0.15, 0.2) is 0 Å². The number of nitrogens with two attached hydrogens (primary N) is 1. The number of nitrogens with zero attached hydrogens (tertiary/aromatic N) is 1. The predicted octanol–water partition coefficient (Wildman–Crippen LogP) is 1.89. The van der Waals surface area contributed by atoms with Gasteiger partial charge in [-0.1, -0.05) is 13.8 Å². The molecule has 2 N–H and O–H groups in total. The van der Waals surface area contributed by atoms with E-state index >= 15 is 0 Å². The minimum absolute atomic E-state index is 0.600. The second-order valence-electron chi connectivity index (χ2n) is 4.38. The van der Waals surface area contributed by atoms with Crippen LogP contribution < -0.4 is 5.73 Å². The first-order chi connectivity index (χ1) is 7.17. The van der Waals surface area contributed by atoms with Gasteiger partial charge in [-0.05, 0) is 18.4 Å². The third kappa shape index (κ3) is 4.55. The largest absolute Gasteiger partial charge is 0.329 e. The van der Waals surface area contributed by atoms with E-state index in [4.69, 9.17) is 5.73 Å². The Labute approximate surface area is 103 Å². The highest BCUT2D eigenvalue weighted by Crippen LogP contribution is 2.26. The Kier molecular flexibility index (Phi) is 6.43. The fraction of sp³-hybridized carbons (Fsp3) is 1.00. The topological polar surface area (TPSA) is 29.3 Å². The van der Waals surface area contributed by atoms with E-state index in [1.54, 1.807) is 0 Å². The normalized spacial score (nSPS) is 30.4. The second-order valence-corrected chi connectivity index (χ2v) is 7.25. The number of hydrogen-bond donors (Lipinski definition) is 1. The summed E-state index contributed by atoms with van der Waals surface area (Å²) in [6, 6.07) is 0.600. The van der Waals surface area contributed by atoms with Crippen molar-refractivity contribution in [1.29, 1.82) is 0 Å². The lowest BCUT2D eigenvalue weighted by Gasteiger charge is -2.39. The molecular formula is C11H24N2S2. The Morgan fingerprint density at radius 1 is 1.40 bits per heavy atom. The van der Waals surface area contributed by atoms with Crippen LogP contribution in [0, 0.1) is 0 Å². The highest BCUT2D eigenvalue weighted by atomic mass is 32.2. The van der Waals surface area contributed by atoms with Crippen LogP contribution in [0.15, 0.2) is 0 Å². The van der Waals surface area contributed by atoms with Gasteiger partial charge >= 0.3 is 0 Å². The minimum Gasteiger partial charge on any atom is -0.329 e. The van der Waals surface area contributed by atoms with Gasteiger partial charge in [-0.3, -0.25) is 4.90 Å². The van der Waals surface area contributed by atoms with E-state index in [1.165, 1.54) is 25.3 Å². The average Bonchev–Trinajstić information content (AvgIpc) is 2.17. The Bertz CT molecular complexity index is 168. The van der Waals surface area contributed by atoms with Crippen molar-refractivity contribution in [2.24, 2.45) is 5.73 Å². The Morgan fingerprint density at radius 3 is 2.47 bits per heavy atom. The third-order valence-electron chi connectivity index (χ3n) is 2.89. The van der Waals surface area contributed by atoms with E-state index in [-0.39, 0.29) is 0 Å². The van der Waals surface area contributed by atoms with Gasteiger partial charge in [0.1, 0.15) is 0 Å². The molecule has 0 radical (unpaired) electrons. The molecule has 3 atom stereocenters. The molecule has 0 amide bonds. The zero-order chi connectivity index (χ0) is 11.3. The monoisotopic (exact) mass is 248 g/mol. The first kappa shape index (κ1) is 13.7. The van der Waals surface area contributed by atoms with Crippen molar-refractivity contribution in [3.8, 4) is 0 Å². The van der Waals surface area contributed by atoms with Crippen molar-refractivity contribution in [1.82, 2.24) is 4.90 Å². The molecule has 0 aromatic rings. The zero-order valence-electron chi connectivity index (χ0n) is 10.1. The SMILES string of the molecule is CSCCC(CN)N1CC(C)SC(C)C1. The van der Waals surface area contributed by atoms with E-state index in [1.807, 2.05) is 11.8 Å². The van der Waals surface area contributed by atoms with Gasteiger partial charge in [-0.2, -0.15) is 23.5 Å². The van der Waals surface area contributed by atoms with Crippen LogP contribution >= 0.6 is 23.5 Å². The molecule has 0 saturated carbocycles. The van der Waals surface area contributed by atoms with Crippen LogP contribution in [0.25, 0.3) is 0 Å². The molecule has 0 bridgehead atoms. The molecule has 0 aromatic heterocycles. The highest BCUT2D eigenvalue weighted by Gasteiger charge is 2.26. The lowest BCUT2D eigenvalue weighted by molar-refractivity contribution is 0.194. The third-order valence-corrected chi connectivity index (χ3v) is 4.76. The molecule has 3 unspecified atom stereocenters. The maximum absolute atomic E-state index is 5.88. The molecule has 0 aliphatic carbocycles. The van der Waals surface area contributed by atoms with E-state index in [0.717, 1.165) is 17.0 Å². The highest BCUT2D eigenvalue weighted by molar-refractivity contribution is 8.00. The summed E-state index contributed by atoms with van der Waals surface area (Å²) in [4.78, 5) is 2.60. The average molecular weight is 248 g/mol. The van der Waals surface area contributed by atoms with Gasteiger partial charge < -0.3 is 5.73 Å². The van der Waals surface area contributed by atoms with Crippen molar-refractivity contribution in [2.45, 2.75) is 36.8 Å². The summed E-state index contributed by atoms with van der Waals surface area (Å²) in [6.07, 6.45) is 3.41. The van der Waals surface area contributed by atoms with Crippen molar-refractivity contribution < 1.29 is 0 Å². The zero-order valence-corrected chi connectivity index (χ0v) is 11.7. The molecule has 2 nitrogen and oxygen atoms in total. The molecule has 1 aliphatic rings. The van der Waals surface area contributed by atoms with Gasteiger partial charge in [-0.15, -0.1) is 0 Å². The molecule has 1 rings (SSSR count). The molecule has 4 heteroatoms. The van der Waals surface area contributed by atoms with Crippen molar-refractivity contribution in [3.05, 3.63) is 0 Å². The standard InChI is InChI=1S/C11H24N2S2/c1-9-7-13(8-10(2)15-9)11(6-12)4-5-14-3/h9-11H,4-8,12H2,1-3H3. The molecule has 1 heterocycles. The van der Waals surface area contributed by atoms with Crippen LogP contribution in [0.1, 0.15) is 20.3 Å². The summed E-state index contributed by atoms with van der Waals surface area (Å²) in [5, 5.41) is 1.52. The van der Waals surface area contributed by atoms with Crippen LogP contribution in [0.2, 0.25) is 0 Å². The molecule has 1 fully saturated rings. The van der Waals surface area contributed by atoms with Gasteiger partial charge in [0.25, 0.3) is 0 Å². The summed E-state index contributed by atoms with van der Waals surface area (Å²) < 4.78 is 0. The maximum atomic E-state index is 5.88. The first-order valence-electron chi connectivity index (χ1n) is 5.75. The summed E-state index contributed by atoms with van der Waals surface area (Å²) in [5.74, 6) is 1.23. The van der Waals surface area contributed by atoms with E-state index < -0.39 is 0 Å². The minimum atomic E-state index is 0.600. The quantitative estimate of drug-likeness (QED) is 0.804. The van der Waals surface area contributed by atoms with Crippen molar-refractivity contribution in [2.75, 3.05) is 31.6 Å². The van der Waals surface area contributed by atoms with E-state index in [9.17, 15) is 0 Å². The molecular weight excluding hydrogens is 224 g/mol. The number of hydrogen-bond acceptors (Lipinski definition) is 4. The van der Waals surface area contributed by atoms with Gasteiger partial charge in [0, 0.05) is 36.2 Å². The molecule has 1 saturated heterocycles. The summed E-state index contributed by atoms with van der Waals surface area (Å²) in [5.41, 5.74) is 5.88. The van der Waals surface area contributed by atoms with Gasteiger partial charge in [0.2, 0.25) is 0 Å². The van der Waals surface area contributed by atoms with E-state index in [2.05, 4.69) is 36.8 Å². The smallest absolute Gasteiger partial charge is 0.0227 e. The van der Waals surface area contributed by atoms with Crippen LogP contribution in [-0.4, -0.2) is 53.1 Å². The number of thioether (sulfide) groups is 2. The van der Waals surface area contributed by atoms with Gasteiger partial charge in [0.05, 0.1) is 0 Å². The summed E-state index contributed by atoms with van der Waals surface area (Å²) >= 11 is 4.03. The lowest BCUT2D eigenvalue weighted by Crippen LogP contribution is -2.49. The van der Waals surface area contributed by atoms with Crippen LogP contribution in [0.3, 0.4) is 0 Å². The number of rotatable bonds is 5. The fourth-order valence-electron chi connectivity index (χ4n) is 2.22. The van der Waals surface area contributed by atoms with Crippen LogP contribution in [0.5, 0.6) is 0 Å². The molecule has 0 spiro atoms.